The monoisotopic (exact) mass is 372 g/mol. The first-order valence-corrected chi connectivity index (χ1v) is 11.4. The van der Waals surface area contributed by atoms with Crippen LogP contribution in [0.3, 0.4) is 0 Å². The summed E-state index contributed by atoms with van der Waals surface area (Å²) in [6, 6.07) is 8.50. The van der Waals surface area contributed by atoms with Gasteiger partial charge in [-0.3, -0.25) is 0 Å². The van der Waals surface area contributed by atoms with Crippen LogP contribution in [0.1, 0.15) is 97.0 Å². The van der Waals surface area contributed by atoms with Gasteiger partial charge in [0.2, 0.25) is 0 Å². The highest BCUT2D eigenvalue weighted by atomic mass is 16.5. The van der Waals surface area contributed by atoms with Crippen molar-refractivity contribution in [3.8, 4) is 5.75 Å². The SMILES string of the molecule is CC.CCCCOc1ccc(C(OCCCCC2CCC2)=C2CCC2)cc1. The van der Waals surface area contributed by atoms with Gasteiger partial charge in [-0.2, -0.15) is 0 Å². The van der Waals surface area contributed by atoms with Gasteiger partial charge in [-0.1, -0.05) is 52.9 Å². The predicted octanol–water partition coefficient (Wildman–Crippen LogP) is 7.77. The quantitative estimate of drug-likeness (QED) is 0.292. The van der Waals surface area contributed by atoms with Crippen molar-refractivity contribution in [3.05, 3.63) is 35.4 Å². The Hall–Kier alpha value is -1.44. The Labute approximate surface area is 167 Å². The minimum absolute atomic E-state index is 0.807. The lowest BCUT2D eigenvalue weighted by molar-refractivity contribution is 0.241. The molecule has 0 bridgehead atoms. The Balaban J connectivity index is 0.00000126. The first-order chi connectivity index (χ1) is 13.4. The highest BCUT2D eigenvalue weighted by molar-refractivity contribution is 5.64. The van der Waals surface area contributed by atoms with Crippen molar-refractivity contribution >= 4 is 5.76 Å². The van der Waals surface area contributed by atoms with Gasteiger partial charge in [0.1, 0.15) is 11.5 Å². The zero-order valence-electron chi connectivity index (χ0n) is 17.9. The lowest BCUT2D eigenvalue weighted by Gasteiger charge is -2.25. The van der Waals surface area contributed by atoms with E-state index in [-0.39, 0.29) is 0 Å². The summed E-state index contributed by atoms with van der Waals surface area (Å²) in [6.45, 7) is 7.86. The minimum atomic E-state index is 0.807. The van der Waals surface area contributed by atoms with Crippen LogP contribution in [0.4, 0.5) is 0 Å². The number of allylic oxidation sites excluding steroid dienone is 1. The fourth-order valence-electron chi connectivity index (χ4n) is 3.50. The molecule has 1 aromatic rings. The first kappa shape index (κ1) is 21.9. The van der Waals surface area contributed by atoms with E-state index in [2.05, 4.69) is 31.2 Å². The lowest BCUT2D eigenvalue weighted by Crippen LogP contribution is -2.11. The molecule has 0 spiro atoms. The van der Waals surface area contributed by atoms with E-state index in [1.807, 2.05) is 13.8 Å². The molecule has 0 radical (unpaired) electrons. The maximum absolute atomic E-state index is 6.24. The smallest absolute Gasteiger partial charge is 0.125 e. The molecule has 0 amide bonds. The van der Waals surface area contributed by atoms with Crippen LogP contribution >= 0.6 is 0 Å². The van der Waals surface area contributed by atoms with Crippen LogP contribution in [-0.4, -0.2) is 13.2 Å². The topological polar surface area (TPSA) is 18.5 Å². The third-order valence-corrected chi connectivity index (χ3v) is 5.64. The number of hydrogen-bond donors (Lipinski definition) is 0. The summed E-state index contributed by atoms with van der Waals surface area (Å²) in [4.78, 5) is 0. The number of benzene rings is 1. The van der Waals surface area contributed by atoms with Crippen molar-refractivity contribution in [2.24, 2.45) is 5.92 Å². The molecule has 27 heavy (non-hydrogen) atoms. The van der Waals surface area contributed by atoms with Crippen LogP contribution in [0.25, 0.3) is 5.76 Å². The number of ether oxygens (including phenoxy) is 2. The van der Waals surface area contributed by atoms with E-state index < -0.39 is 0 Å². The molecule has 2 aliphatic rings. The first-order valence-electron chi connectivity index (χ1n) is 11.4. The summed E-state index contributed by atoms with van der Waals surface area (Å²) in [5, 5.41) is 0. The maximum Gasteiger partial charge on any atom is 0.125 e. The summed E-state index contributed by atoms with van der Waals surface area (Å²) >= 11 is 0. The molecule has 0 heterocycles. The Morgan fingerprint density at radius 1 is 0.926 bits per heavy atom. The van der Waals surface area contributed by atoms with Gasteiger partial charge in [-0.25, -0.2) is 0 Å². The van der Waals surface area contributed by atoms with E-state index in [4.69, 9.17) is 9.47 Å². The molecule has 2 heteroatoms. The molecule has 2 aliphatic carbocycles. The average Bonchev–Trinajstić information content (AvgIpc) is 2.63. The van der Waals surface area contributed by atoms with Gasteiger partial charge in [0.05, 0.1) is 13.2 Å². The fourth-order valence-corrected chi connectivity index (χ4v) is 3.50. The second-order valence-electron chi connectivity index (χ2n) is 7.65. The largest absolute Gasteiger partial charge is 0.494 e. The summed E-state index contributed by atoms with van der Waals surface area (Å²) in [5.74, 6) is 3.13. The van der Waals surface area contributed by atoms with Gasteiger partial charge in [0.25, 0.3) is 0 Å². The average molecular weight is 373 g/mol. The van der Waals surface area contributed by atoms with Gasteiger partial charge in [0, 0.05) is 5.56 Å². The number of unbranched alkanes of at least 4 members (excludes halogenated alkanes) is 2. The standard InChI is InChI=1S/C23H34O2.C2H6/c1-2-3-17-24-22-15-13-21(14-16-22)23(20-11-7-12-20)25-18-5-4-8-19-9-6-10-19;1-2/h13-16,19H,2-12,17-18H2,1H3;1-2H3. The Kier molecular flexibility index (Phi) is 10.4. The maximum atomic E-state index is 6.24. The normalized spacial score (nSPS) is 15.9. The van der Waals surface area contributed by atoms with E-state index >= 15 is 0 Å². The van der Waals surface area contributed by atoms with Crippen LogP contribution in [0, 0.1) is 5.92 Å². The van der Waals surface area contributed by atoms with E-state index in [9.17, 15) is 0 Å². The summed E-state index contributed by atoms with van der Waals surface area (Å²) in [5.41, 5.74) is 2.72. The molecule has 0 atom stereocenters. The molecule has 0 aliphatic heterocycles. The van der Waals surface area contributed by atoms with Crippen LogP contribution in [0.5, 0.6) is 5.75 Å². The second kappa shape index (κ2) is 12.9. The molecule has 0 N–H and O–H groups in total. The molecule has 3 rings (SSSR count). The van der Waals surface area contributed by atoms with Gasteiger partial charge in [0.15, 0.2) is 0 Å². The third kappa shape index (κ3) is 7.24. The van der Waals surface area contributed by atoms with Crippen molar-refractivity contribution in [1.82, 2.24) is 0 Å². The summed E-state index contributed by atoms with van der Waals surface area (Å²) in [7, 11) is 0. The van der Waals surface area contributed by atoms with Gasteiger partial charge in [-0.15, -0.1) is 0 Å². The number of rotatable bonds is 11. The van der Waals surface area contributed by atoms with Crippen molar-refractivity contribution < 1.29 is 9.47 Å². The predicted molar refractivity (Wildman–Crippen MR) is 116 cm³/mol. The second-order valence-corrected chi connectivity index (χ2v) is 7.65. The van der Waals surface area contributed by atoms with Gasteiger partial charge >= 0.3 is 0 Å². The highest BCUT2D eigenvalue weighted by Gasteiger charge is 2.18. The molecule has 0 aromatic heterocycles. The fraction of sp³-hybridized carbons (Fsp3) is 0.680. The van der Waals surface area contributed by atoms with Crippen LogP contribution in [0.15, 0.2) is 29.8 Å². The van der Waals surface area contributed by atoms with E-state index in [1.54, 1.807) is 0 Å². The van der Waals surface area contributed by atoms with Crippen molar-refractivity contribution in [1.29, 1.82) is 0 Å². The van der Waals surface area contributed by atoms with E-state index in [1.165, 1.54) is 75.3 Å². The van der Waals surface area contributed by atoms with Crippen molar-refractivity contribution in [2.75, 3.05) is 13.2 Å². The molecule has 2 saturated carbocycles. The van der Waals surface area contributed by atoms with Crippen LogP contribution in [0.2, 0.25) is 0 Å². The van der Waals surface area contributed by atoms with Crippen LogP contribution < -0.4 is 4.74 Å². The molecular weight excluding hydrogens is 332 g/mol. The Morgan fingerprint density at radius 2 is 1.67 bits per heavy atom. The molecule has 2 nitrogen and oxygen atoms in total. The van der Waals surface area contributed by atoms with Gasteiger partial charge in [-0.05, 0) is 74.3 Å². The zero-order valence-corrected chi connectivity index (χ0v) is 17.9. The third-order valence-electron chi connectivity index (χ3n) is 5.64. The van der Waals surface area contributed by atoms with Crippen molar-refractivity contribution in [3.63, 3.8) is 0 Å². The molecule has 0 saturated heterocycles. The van der Waals surface area contributed by atoms with E-state index in [0.717, 1.165) is 37.1 Å². The molecule has 1 aromatic carbocycles. The highest BCUT2D eigenvalue weighted by Crippen LogP contribution is 2.35. The minimum Gasteiger partial charge on any atom is -0.494 e. The molecule has 152 valence electrons. The Morgan fingerprint density at radius 3 is 2.22 bits per heavy atom. The summed E-state index contributed by atoms with van der Waals surface area (Å²) < 4.78 is 12.0. The number of hydrogen-bond acceptors (Lipinski definition) is 2. The molecule has 0 unspecified atom stereocenters. The lowest BCUT2D eigenvalue weighted by atomic mass is 9.82. The van der Waals surface area contributed by atoms with Crippen molar-refractivity contribution in [2.45, 2.75) is 91.4 Å². The van der Waals surface area contributed by atoms with Crippen LogP contribution in [-0.2, 0) is 4.74 Å². The van der Waals surface area contributed by atoms with Gasteiger partial charge < -0.3 is 9.47 Å². The van der Waals surface area contributed by atoms with E-state index in [0.29, 0.717) is 0 Å². The Bertz CT molecular complexity index is 534. The zero-order chi connectivity index (χ0) is 19.3. The molecule has 2 fully saturated rings. The molecular formula is C25H40O2. The summed E-state index contributed by atoms with van der Waals surface area (Å²) in [6.07, 6.45) is 14.3.